The maximum Gasteiger partial charge on any atom is 0.116 e. The molecule has 1 rings (SSSR count). The molecule has 0 saturated heterocycles. The van der Waals surface area contributed by atoms with E-state index in [9.17, 15) is 0 Å². The summed E-state index contributed by atoms with van der Waals surface area (Å²) >= 11 is 0. The molecule has 0 aliphatic heterocycles. The molecule has 0 amide bonds. The largest absolute Gasteiger partial charge is 0.116 e. The van der Waals surface area contributed by atoms with Crippen LogP contribution in [0.5, 0.6) is 0 Å². The van der Waals surface area contributed by atoms with E-state index in [1.54, 1.807) is 0 Å². The van der Waals surface area contributed by atoms with E-state index in [0.29, 0.717) is 0 Å². The van der Waals surface area contributed by atoms with Gasteiger partial charge in [0, 0.05) is 5.87 Å². The molecule has 0 radical (unpaired) electrons. The fourth-order valence-corrected chi connectivity index (χ4v) is 1.36. The molecule has 0 aliphatic rings. The molecule has 0 aliphatic carbocycles. The zero-order valence-electron chi connectivity index (χ0n) is 5.54. The third-order valence-electron chi connectivity index (χ3n) is 1.20. The minimum atomic E-state index is -0.146. The van der Waals surface area contributed by atoms with Crippen molar-refractivity contribution in [1.82, 2.24) is 0 Å². The van der Waals surface area contributed by atoms with Gasteiger partial charge in [-0.3, -0.25) is 0 Å². The summed E-state index contributed by atoms with van der Waals surface area (Å²) < 4.78 is 0. The van der Waals surface area contributed by atoms with Crippen LogP contribution in [0.1, 0.15) is 0 Å². The van der Waals surface area contributed by atoms with Gasteiger partial charge in [0.25, 0.3) is 0 Å². The lowest BCUT2D eigenvalue weighted by Crippen LogP contribution is -1.83. The average Bonchev–Trinajstić information content (AvgIpc) is 1.90. The topological polar surface area (TPSA) is 0 Å². The van der Waals surface area contributed by atoms with Gasteiger partial charge < -0.3 is 0 Å². The summed E-state index contributed by atoms with van der Waals surface area (Å²) in [7, 11) is -0.146. The Bertz CT molecular complexity index is 201. The van der Waals surface area contributed by atoms with Crippen molar-refractivity contribution in [3.63, 3.8) is 0 Å². The van der Waals surface area contributed by atoms with Gasteiger partial charge in [-0.1, -0.05) is 18.2 Å². The van der Waals surface area contributed by atoms with Gasteiger partial charge in [0.1, 0.15) is 4.90 Å². The van der Waals surface area contributed by atoms with E-state index in [1.165, 1.54) is 4.90 Å². The van der Waals surface area contributed by atoms with E-state index in [4.69, 9.17) is 0 Å². The number of rotatable bonds is 1. The Morgan fingerprint density at radius 2 is 1.78 bits per heavy atom. The second-order valence-corrected chi connectivity index (χ2v) is 3.95. The number of hydrogen-bond acceptors (Lipinski definition) is 0. The molecule has 0 spiro atoms. The van der Waals surface area contributed by atoms with E-state index in [-0.39, 0.29) is 10.5 Å². The summed E-state index contributed by atoms with van der Waals surface area (Å²) in [6.45, 7) is 0. The van der Waals surface area contributed by atoms with Gasteiger partial charge in [0.05, 0.1) is 6.26 Å². The molecule has 1 heteroatoms. The van der Waals surface area contributed by atoms with Crippen LogP contribution in [0.4, 0.5) is 0 Å². The predicted octanol–water partition coefficient (Wildman–Crippen LogP) is 1.46. The van der Waals surface area contributed by atoms with Gasteiger partial charge in [0.15, 0.2) is 0 Å². The molecule has 0 heterocycles. The van der Waals surface area contributed by atoms with Crippen molar-refractivity contribution in [2.75, 3.05) is 6.26 Å². The summed E-state index contributed by atoms with van der Waals surface area (Å²) in [5.74, 6) is 3.97. The summed E-state index contributed by atoms with van der Waals surface area (Å²) in [6.07, 6.45) is 2.16. The lowest BCUT2D eigenvalue weighted by atomic mass is 10.4. The van der Waals surface area contributed by atoms with E-state index >= 15 is 0 Å². The highest BCUT2D eigenvalue weighted by atomic mass is 32.2. The first-order valence-electron chi connectivity index (χ1n) is 2.90. The molecule has 1 aromatic rings. The highest BCUT2D eigenvalue weighted by molar-refractivity contribution is 7.93. The Balaban J connectivity index is 2.98. The number of benzene rings is 1. The fraction of sp³-hybridized carbons (Fsp3) is 0.125. The summed E-state index contributed by atoms with van der Waals surface area (Å²) in [6, 6.07) is 10.4. The molecule has 0 bridgehead atoms. The van der Waals surface area contributed by atoms with Crippen molar-refractivity contribution in [1.29, 1.82) is 0 Å². The first-order valence-corrected chi connectivity index (χ1v) is 4.87. The Hall–Kier alpha value is -0.560. The van der Waals surface area contributed by atoms with E-state index in [0.717, 1.165) is 0 Å². The molecule has 0 N–H and O–H groups in total. The first-order chi connectivity index (χ1) is 4.30. The van der Waals surface area contributed by atoms with Crippen LogP contribution in [0.3, 0.4) is 0 Å². The lowest BCUT2D eigenvalue weighted by molar-refractivity contribution is 1.46. The quantitative estimate of drug-likeness (QED) is 0.314. The second kappa shape index (κ2) is 2.83. The smallest absolute Gasteiger partial charge is 0.114 e. The molecule has 1 aromatic carbocycles. The Morgan fingerprint density at radius 1 is 1.22 bits per heavy atom. The van der Waals surface area contributed by atoms with Crippen molar-refractivity contribution in [3.8, 4) is 0 Å². The van der Waals surface area contributed by atoms with Gasteiger partial charge in [-0.15, -0.1) is 10.5 Å². The van der Waals surface area contributed by atoms with Crippen molar-refractivity contribution in [2.45, 2.75) is 4.90 Å². The van der Waals surface area contributed by atoms with Crippen LogP contribution in [0.15, 0.2) is 35.2 Å². The second-order valence-electron chi connectivity index (χ2n) is 2.03. The molecule has 0 nitrogen and oxygen atoms in total. The molecule has 0 fully saturated rings. The molecule has 0 aromatic heterocycles. The zero-order chi connectivity index (χ0) is 6.69. The maximum absolute atomic E-state index is 3.97. The van der Waals surface area contributed by atoms with E-state index in [2.05, 4.69) is 36.4 Å². The average molecular weight is 139 g/mol. The summed E-state index contributed by atoms with van der Waals surface area (Å²) in [5, 5.41) is 0. The van der Waals surface area contributed by atoms with Crippen LogP contribution < -0.4 is 0 Å². The summed E-state index contributed by atoms with van der Waals surface area (Å²) in [4.78, 5) is 1.37. The van der Waals surface area contributed by atoms with Gasteiger partial charge in [-0.2, -0.15) is 0 Å². The monoisotopic (exact) mass is 139 g/mol. The minimum absolute atomic E-state index is 0.146. The molecular weight excluding hydrogens is 128 g/mol. The predicted molar refractivity (Wildman–Crippen MR) is 46.5 cm³/mol. The molecular formula is C8H11S+. The Kier molecular flexibility index (Phi) is 2.06. The highest BCUT2D eigenvalue weighted by Gasteiger charge is 1.91. The normalized spacial score (nSPS) is 13.0. The SMILES string of the molecule is C=[SH+](C)c1ccccc1. The van der Waals surface area contributed by atoms with Crippen LogP contribution in [0, 0.1) is 0 Å². The number of hydrogen-bond donors (Lipinski definition) is 0. The molecule has 1 unspecified atom stereocenters. The lowest BCUT2D eigenvalue weighted by Gasteiger charge is -1.90. The van der Waals surface area contributed by atoms with Crippen molar-refractivity contribution < 1.29 is 0 Å². The maximum atomic E-state index is 3.97. The standard InChI is InChI=1S/C8H10S/c1-9(2)8-6-4-3-5-7-8/h3-7H,1H2,2H3/p+1. The highest BCUT2D eigenvalue weighted by Crippen LogP contribution is 2.01. The van der Waals surface area contributed by atoms with Crippen LogP contribution in [-0.2, 0) is 10.5 Å². The van der Waals surface area contributed by atoms with Crippen molar-refractivity contribution >= 4 is 16.4 Å². The van der Waals surface area contributed by atoms with Gasteiger partial charge in [-0.05, 0) is 12.1 Å². The fourth-order valence-electron chi connectivity index (χ4n) is 0.682. The van der Waals surface area contributed by atoms with Gasteiger partial charge >= 0.3 is 0 Å². The van der Waals surface area contributed by atoms with Gasteiger partial charge in [0.2, 0.25) is 0 Å². The van der Waals surface area contributed by atoms with Crippen molar-refractivity contribution in [2.24, 2.45) is 0 Å². The molecule has 0 saturated carbocycles. The van der Waals surface area contributed by atoms with E-state index < -0.39 is 0 Å². The molecule has 48 valence electrons. The summed E-state index contributed by atoms with van der Waals surface area (Å²) in [5.41, 5.74) is 0. The third-order valence-corrected chi connectivity index (χ3v) is 2.38. The first kappa shape index (κ1) is 6.56. The van der Waals surface area contributed by atoms with E-state index in [1.807, 2.05) is 6.07 Å². The zero-order valence-corrected chi connectivity index (χ0v) is 6.44. The molecule has 1 atom stereocenters. The third kappa shape index (κ3) is 1.68. The van der Waals surface area contributed by atoms with Crippen LogP contribution in [0.2, 0.25) is 0 Å². The Morgan fingerprint density at radius 3 is 2.11 bits per heavy atom. The van der Waals surface area contributed by atoms with Crippen LogP contribution in [-0.4, -0.2) is 12.1 Å². The van der Waals surface area contributed by atoms with Crippen LogP contribution in [0.25, 0.3) is 0 Å². The number of thiol groups is 1. The van der Waals surface area contributed by atoms with Crippen molar-refractivity contribution in [3.05, 3.63) is 30.3 Å². The molecule has 9 heavy (non-hydrogen) atoms. The minimum Gasteiger partial charge on any atom is -0.114 e. The Labute approximate surface area is 58.5 Å². The van der Waals surface area contributed by atoms with Gasteiger partial charge in [-0.25, -0.2) is 0 Å². The van der Waals surface area contributed by atoms with Crippen LogP contribution >= 0.6 is 0 Å².